The second-order valence-electron chi connectivity index (χ2n) is 6.78. The summed E-state index contributed by atoms with van der Waals surface area (Å²) in [6.07, 6.45) is -4.16. The third-order valence-electron chi connectivity index (χ3n) is 4.53. The predicted octanol–water partition coefficient (Wildman–Crippen LogP) is 3.57. The zero-order chi connectivity index (χ0) is 25.0. The Morgan fingerprint density at radius 3 is 2.38 bits per heavy atom. The summed E-state index contributed by atoms with van der Waals surface area (Å²) < 4.78 is 81.2. The number of benzene rings is 1. The number of alkyl halides is 5. The second kappa shape index (κ2) is 9.89. The maximum Gasteiger partial charge on any atom is 0.434 e. The molecule has 0 aliphatic carbocycles. The summed E-state index contributed by atoms with van der Waals surface area (Å²) in [5.41, 5.74) is -1.64. The summed E-state index contributed by atoms with van der Waals surface area (Å²) in [4.78, 5) is 13.9. The molecule has 0 aliphatic heterocycles. The van der Waals surface area contributed by atoms with Gasteiger partial charge in [0.1, 0.15) is 0 Å². The first-order valence-corrected chi connectivity index (χ1v) is 9.45. The van der Waals surface area contributed by atoms with E-state index in [9.17, 15) is 26.7 Å². The van der Waals surface area contributed by atoms with Gasteiger partial charge in [0.15, 0.2) is 23.0 Å². The fourth-order valence-corrected chi connectivity index (χ4v) is 3.04. The van der Waals surface area contributed by atoms with E-state index < -0.39 is 30.0 Å². The highest BCUT2D eigenvalue weighted by atomic mass is 19.4. The van der Waals surface area contributed by atoms with E-state index in [-0.39, 0.29) is 29.7 Å². The van der Waals surface area contributed by atoms with E-state index in [1.54, 1.807) is 0 Å². The van der Waals surface area contributed by atoms with Gasteiger partial charge in [0.05, 0.1) is 26.0 Å². The standard InChI is InChI=1S/C20H18F5N5O4/c1-29(10-11-4-5-13(34-19(21)22)14(8-11)32-2)18(31)12-9-26-30(17(12)20(23,24)25)15-6-7-16(33-3)28-27-15/h4-9,19H,10H2,1-3H3. The monoisotopic (exact) mass is 487 g/mol. The van der Waals surface area contributed by atoms with Crippen LogP contribution in [0, 0.1) is 0 Å². The first kappa shape index (κ1) is 24.7. The molecule has 0 saturated heterocycles. The lowest BCUT2D eigenvalue weighted by Gasteiger charge is -2.19. The summed E-state index contributed by atoms with van der Waals surface area (Å²) in [7, 11) is 3.84. The molecule has 0 unspecified atom stereocenters. The maximum atomic E-state index is 13.9. The molecule has 0 saturated carbocycles. The van der Waals surface area contributed by atoms with Crippen LogP contribution in [-0.4, -0.2) is 58.7 Å². The van der Waals surface area contributed by atoms with E-state index in [0.717, 1.165) is 11.1 Å². The minimum atomic E-state index is -4.94. The lowest BCUT2D eigenvalue weighted by Crippen LogP contribution is -2.28. The van der Waals surface area contributed by atoms with Crippen LogP contribution in [0.1, 0.15) is 21.6 Å². The summed E-state index contributed by atoms with van der Waals surface area (Å²) in [6.45, 7) is -3.23. The number of hydrogen-bond donors (Lipinski definition) is 0. The number of aromatic nitrogens is 4. The van der Waals surface area contributed by atoms with E-state index >= 15 is 0 Å². The Morgan fingerprint density at radius 2 is 1.82 bits per heavy atom. The van der Waals surface area contributed by atoms with Gasteiger partial charge >= 0.3 is 12.8 Å². The van der Waals surface area contributed by atoms with Crippen LogP contribution in [0.5, 0.6) is 17.4 Å². The van der Waals surface area contributed by atoms with Gasteiger partial charge in [0.2, 0.25) is 5.88 Å². The molecule has 1 aromatic carbocycles. The number of hydrogen-bond acceptors (Lipinski definition) is 7. The molecular formula is C20H18F5N5O4. The number of carbonyl (C=O) groups is 1. The molecule has 0 spiro atoms. The van der Waals surface area contributed by atoms with Crippen molar-refractivity contribution in [2.45, 2.75) is 19.3 Å². The lowest BCUT2D eigenvalue weighted by atomic mass is 10.1. The Morgan fingerprint density at radius 1 is 1.09 bits per heavy atom. The highest BCUT2D eigenvalue weighted by molar-refractivity contribution is 5.95. The van der Waals surface area contributed by atoms with Crippen molar-refractivity contribution < 1.29 is 41.0 Å². The molecule has 2 heterocycles. The number of amides is 1. The number of ether oxygens (including phenoxy) is 3. The van der Waals surface area contributed by atoms with Crippen LogP contribution in [0.3, 0.4) is 0 Å². The highest BCUT2D eigenvalue weighted by Crippen LogP contribution is 2.34. The van der Waals surface area contributed by atoms with Crippen molar-refractivity contribution in [2.75, 3.05) is 21.3 Å². The molecule has 0 N–H and O–H groups in total. The second-order valence-corrected chi connectivity index (χ2v) is 6.78. The van der Waals surface area contributed by atoms with Crippen molar-refractivity contribution in [1.82, 2.24) is 24.9 Å². The van der Waals surface area contributed by atoms with E-state index in [2.05, 4.69) is 20.0 Å². The van der Waals surface area contributed by atoms with Crippen molar-refractivity contribution in [3.8, 4) is 23.2 Å². The van der Waals surface area contributed by atoms with Gasteiger partial charge in [0.25, 0.3) is 5.91 Å². The largest absolute Gasteiger partial charge is 0.493 e. The van der Waals surface area contributed by atoms with E-state index in [1.807, 2.05) is 0 Å². The van der Waals surface area contributed by atoms with E-state index in [0.29, 0.717) is 10.2 Å². The van der Waals surface area contributed by atoms with Crippen molar-refractivity contribution in [3.05, 3.63) is 53.3 Å². The molecule has 0 fully saturated rings. The number of halogens is 5. The minimum Gasteiger partial charge on any atom is -0.493 e. The summed E-state index contributed by atoms with van der Waals surface area (Å²) in [6, 6.07) is 6.43. The molecule has 0 atom stereocenters. The third-order valence-corrected chi connectivity index (χ3v) is 4.53. The topological polar surface area (TPSA) is 91.6 Å². The third kappa shape index (κ3) is 5.32. The molecule has 0 bridgehead atoms. The van der Waals surface area contributed by atoms with Crippen molar-refractivity contribution in [1.29, 1.82) is 0 Å². The average molecular weight is 487 g/mol. The van der Waals surface area contributed by atoms with Gasteiger partial charge < -0.3 is 19.1 Å². The van der Waals surface area contributed by atoms with E-state index in [4.69, 9.17) is 9.47 Å². The molecule has 9 nitrogen and oxygen atoms in total. The van der Waals surface area contributed by atoms with Crippen LogP contribution < -0.4 is 14.2 Å². The van der Waals surface area contributed by atoms with Gasteiger partial charge in [-0.25, -0.2) is 4.68 Å². The predicted molar refractivity (Wildman–Crippen MR) is 106 cm³/mol. The summed E-state index contributed by atoms with van der Waals surface area (Å²) in [5.74, 6) is -1.42. The maximum absolute atomic E-state index is 13.9. The highest BCUT2D eigenvalue weighted by Gasteiger charge is 2.41. The molecular weight excluding hydrogens is 469 g/mol. The Hall–Kier alpha value is -3.97. The summed E-state index contributed by atoms with van der Waals surface area (Å²) >= 11 is 0. The van der Waals surface area contributed by atoms with Crippen LogP contribution in [0.25, 0.3) is 5.82 Å². The Labute approximate surface area is 189 Å². The quantitative estimate of drug-likeness (QED) is 0.449. The van der Waals surface area contributed by atoms with Crippen LogP contribution >= 0.6 is 0 Å². The number of methoxy groups -OCH3 is 2. The van der Waals surface area contributed by atoms with Gasteiger partial charge in [-0.2, -0.15) is 27.1 Å². The zero-order valence-corrected chi connectivity index (χ0v) is 18.0. The molecule has 3 rings (SSSR count). The van der Waals surface area contributed by atoms with Gasteiger partial charge in [-0.1, -0.05) is 6.07 Å². The zero-order valence-electron chi connectivity index (χ0n) is 18.0. The van der Waals surface area contributed by atoms with E-state index in [1.165, 1.54) is 51.6 Å². The van der Waals surface area contributed by atoms with Gasteiger partial charge in [0, 0.05) is 19.7 Å². The molecule has 0 radical (unpaired) electrons. The summed E-state index contributed by atoms with van der Waals surface area (Å²) in [5, 5.41) is 11.0. The molecule has 3 aromatic rings. The molecule has 182 valence electrons. The normalized spacial score (nSPS) is 11.4. The smallest absolute Gasteiger partial charge is 0.434 e. The molecule has 1 amide bonds. The number of carbonyl (C=O) groups excluding carboxylic acids is 1. The molecule has 14 heteroatoms. The van der Waals surface area contributed by atoms with Crippen molar-refractivity contribution >= 4 is 5.91 Å². The Balaban J connectivity index is 1.89. The fourth-order valence-electron chi connectivity index (χ4n) is 3.04. The lowest BCUT2D eigenvalue weighted by molar-refractivity contribution is -0.143. The number of nitrogens with zero attached hydrogens (tertiary/aromatic N) is 5. The SMILES string of the molecule is COc1ccc(-n2ncc(C(=O)N(C)Cc3ccc(OC(F)F)c(OC)c3)c2C(F)(F)F)nn1. The Bertz CT molecular complexity index is 1150. The van der Waals surface area contributed by atoms with Gasteiger partial charge in [-0.15, -0.1) is 10.2 Å². The van der Waals surface area contributed by atoms with Gasteiger partial charge in [-0.05, 0) is 23.8 Å². The first-order valence-electron chi connectivity index (χ1n) is 9.45. The molecule has 34 heavy (non-hydrogen) atoms. The average Bonchev–Trinajstić information content (AvgIpc) is 3.25. The molecule has 2 aromatic heterocycles. The molecule has 0 aliphatic rings. The Kier molecular flexibility index (Phi) is 7.17. The van der Waals surface area contributed by atoms with Crippen LogP contribution in [0.4, 0.5) is 22.0 Å². The van der Waals surface area contributed by atoms with Crippen molar-refractivity contribution in [3.63, 3.8) is 0 Å². The van der Waals surface area contributed by atoms with Crippen LogP contribution in [-0.2, 0) is 12.7 Å². The van der Waals surface area contributed by atoms with Crippen LogP contribution in [0.15, 0.2) is 36.5 Å². The first-order chi connectivity index (χ1) is 16.0. The van der Waals surface area contributed by atoms with Gasteiger partial charge in [-0.3, -0.25) is 4.79 Å². The van der Waals surface area contributed by atoms with Crippen LogP contribution in [0.2, 0.25) is 0 Å². The minimum absolute atomic E-state index is 0.0273. The fraction of sp³-hybridized carbons (Fsp3) is 0.300. The van der Waals surface area contributed by atoms with Crippen molar-refractivity contribution in [2.24, 2.45) is 0 Å². The number of rotatable bonds is 8.